The van der Waals surface area contributed by atoms with E-state index in [1.165, 1.54) is 13.5 Å². The molecule has 0 spiro atoms. The number of rotatable bonds is 4. The zero-order valence-electron chi connectivity index (χ0n) is 9.90. The van der Waals surface area contributed by atoms with E-state index in [2.05, 4.69) is 12.2 Å². The third kappa shape index (κ3) is 3.67. The lowest BCUT2D eigenvalue weighted by Gasteiger charge is -2.27. The first-order valence-corrected chi connectivity index (χ1v) is 5.54. The van der Waals surface area contributed by atoms with Gasteiger partial charge in [0.25, 0.3) is 0 Å². The minimum absolute atomic E-state index is 0.0125. The molecular weight excluding hydrogens is 190 g/mol. The molecule has 3 nitrogen and oxygen atoms in total. The highest BCUT2D eigenvalue weighted by Gasteiger charge is 2.28. The molecule has 0 amide bonds. The van der Waals surface area contributed by atoms with Crippen molar-refractivity contribution in [1.82, 2.24) is 4.90 Å². The lowest BCUT2D eigenvalue weighted by molar-refractivity contribution is -0.147. The summed E-state index contributed by atoms with van der Waals surface area (Å²) >= 11 is 0. The Morgan fingerprint density at radius 1 is 1.60 bits per heavy atom. The first-order valence-electron chi connectivity index (χ1n) is 5.54. The molecule has 1 aliphatic rings. The average Bonchev–Trinajstić information content (AvgIpc) is 2.26. The maximum absolute atomic E-state index is 11.7. The van der Waals surface area contributed by atoms with Crippen LogP contribution in [0.2, 0.25) is 0 Å². The quantitative estimate of drug-likeness (QED) is 0.523. The molecule has 2 unspecified atom stereocenters. The Balaban J connectivity index is 2.65. The molecule has 0 saturated heterocycles. The second kappa shape index (κ2) is 5.91. The molecule has 0 bridgehead atoms. The maximum Gasteiger partial charge on any atom is 0.310 e. The number of carbonyl (C=O) groups excluding carboxylic acids is 1. The summed E-state index contributed by atoms with van der Waals surface area (Å²) in [5.74, 6) is 0.260. The van der Waals surface area contributed by atoms with Gasteiger partial charge in [-0.05, 0) is 39.3 Å². The van der Waals surface area contributed by atoms with Crippen LogP contribution in [0.1, 0.15) is 19.3 Å². The van der Waals surface area contributed by atoms with Gasteiger partial charge in [0.1, 0.15) is 0 Å². The fourth-order valence-corrected chi connectivity index (χ4v) is 2.10. The van der Waals surface area contributed by atoms with E-state index in [-0.39, 0.29) is 11.9 Å². The number of hydrogen-bond acceptors (Lipinski definition) is 3. The molecule has 0 aromatic heterocycles. The molecule has 1 rings (SSSR count). The monoisotopic (exact) mass is 211 g/mol. The standard InChI is InChI=1S/C12H21NO2/c1-13(2)9-11(12(14)15-3)10-7-5-4-6-8-10/h5,7,10-11H,4,6,8-9H2,1-3H3. The predicted octanol–water partition coefficient (Wildman–Crippen LogP) is 1.69. The van der Waals surface area contributed by atoms with Crippen molar-refractivity contribution in [1.29, 1.82) is 0 Å². The fourth-order valence-electron chi connectivity index (χ4n) is 2.10. The van der Waals surface area contributed by atoms with Gasteiger partial charge in [-0.25, -0.2) is 0 Å². The Morgan fingerprint density at radius 2 is 2.33 bits per heavy atom. The maximum atomic E-state index is 11.7. The summed E-state index contributed by atoms with van der Waals surface area (Å²) in [6, 6.07) is 0. The van der Waals surface area contributed by atoms with E-state index < -0.39 is 0 Å². The van der Waals surface area contributed by atoms with Crippen LogP contribution in [-0.2, 0) is 9.53 Å². The van der Waals surface area contributed by atoms with E-state index >= 15 is 0 Å². The van der Waals surface area contributed by atoms with Crippen molar-refractivity contribution < 1.29 is 9.53 Å². The highest BCUT2D eigenvalue weighted by atomic mass is 16.5. The van der Waals surface area contributed by atoms with Gasteiger partial charge in [-0.2, -0.15) is 0 Å². The number of methoxy groups -OCH3 is 1. The van der Waals surface area contributed by atoms with Crippen LogP contribution in [0.3, 0.4) is 0 Å². The van der Waals surface area contributed by atoms with Crippen molar-refractivity contribution in [2.75, 3.05) is 27.7 Å². The second-order valence-electron chi connectivity index (χ2n) is 4.41. The third-order valence-electron chi connectivity index (χ3n) is 2.87. The highest BCUT2D eigenvalue weighted by Crippen LogP contribution is 2.26. The van der Waals surface area contributed by atoms with Crippen molar-refractivity contribution in [3.8, 4) is 0 Å². The number of nitrogens with zero attached hydrogens (tertiary/aromatic N) is 1. The van der Waals surface area contributed by atoms with Crippen molar-refractivity contribution in [3.05, 3.63) is 12.2 Å². The van der Waals surface area contributed by atoms with E-state index in [4.69, 9.17) is 4.74 Å². The van der Waals surface area contributed by atoms with Gasteiger partial charge in [0, 0.05) is 6.54 Å². The van der Waals surface area contributed by atoms with Crippen LogP contribution in [0.25, 0.3) is 0 Å². The van der Waals surface area contributed by atoms with Gasteiger partial charge in [0.2, 0.25) is 0 Å². The first kappa shape index (κ1) is 12.2. The molecule has 0 aromatic rings. The Kier molecular flexibility index (Phi) is 4.82. The summed E-state index contributed by atoms with van der Waals surface area (Å²) in [6.07, 6.45) is 7.78. The van der Waals surface area contributed by atoms with Gasteiger partial charge >= 0.3 is 5.97 Å². The highest BCUT2D eigenvalue weighted by molar-refractivity contribution is 5.73. The van der Waals surface area contributed by atoms with Crippen LogP contribution >= 0.6 is 0 Å². The van der Waals surface area contributed by atoms with Crippen molar-refractivity contribution >= 4 is 5.97 Å². The summed E-state index contributed by atoms with van der Waals surface area (Å²) in [7, 11) is 5.45. The van der Waals surface area contributed by atoms with Gasteiger partial charge in [-0.3, -0.25) is 4.79 Å². The molecule has 86 valence electrons. The van der Waals surface area contributed by atoms with Crippen molar-refractivity contribution in [2.24, 2.45) is 11.8 Å². The summed E-state index contributed by atoms with van der Waals surface area (Å²) in [6.45, 7) is 0.766. The Labute approximate surface area is 92.1 Å². The van der Waals surface area contributed by atoms with Crippen LogP contribution in [0.15, 0.2) is 12.2 Å². The van der Waals surface area contributed by atoms with E-state index in [1.54, 1.807) is 0 Å². The first-order chi connectivity index (χ1) is 7.15. The van der Waals surface area contributed by atoms with Crippen LogP contribution < -0.4 is 0 Å². The molecule has 0 aliphatic heterocycles. The summed E-state index contributed by atoms with van der Waals surface area (Å²) in [5.41, 5.74) is 0. The molecular formula is C12H21NO2. The van der Waals surface area contributed by atoms with E-state index in [0.717, 1.165) is 19.4 Å². The normalized spacial score (nSPS) is 22.8. The summed E-state index contributed by atoms with van der Waals surface area (Å²) < 4.78 is 4.87. The van der Waals surface area contributed by atoms with Gasteiger partial charge in [-0.1, -0.05) is 12.2 Å². The number of allylic oxidation sites excluding steroid dienone is 2. The predicted molar refractivity (Wildman–Crippen MR) is 60.5 cm³/mol. The lowest BCUT2D eigenvalue weighted by Crippen LogP contribution is -2.34. The number of hydrogen-bond donors (Lipinski definition) is 0. The van der Waals surface area contributed by atoms with Crippen LogP contribution in [0, 0.1) is 11.8 Å². The van der Waals surface area contributed by atoms with Crippen molar-refractivity contribution in [2.45, 2.75) is 19.3 Å². The largest absolute Gasteiger partial charge is 0.469 e. The summed E-state index contributed by atoms with van der Waals surface area (Å²) in [5, 5.41) is 0. The SMILES string of the molecule is COC(=O)C(CN(C)C)C1C=CCCC1. The van der Waals surface area contributed by atoms with Gasteiger partial charge in [0.05, 0.1) is 13.0 Å². The number of esters is 1. The fraction of sp³-hybridized carbons (Fsp3) is 0.750. The van der Waals surface area contributed by atoms with Gasteiger partial charge < -0.3 is 9.64 Å². The third-order valence-corrected chi connectivity index (χ3v) is 2.87. The van der Waals surface area contributed by atoms with E-state index in [9.17, 15) is 4.79 Å². The van der Waals surface area contributed by atoms with Crippen LogP contribution in [-0.4, -0.2) is 38.6 Å². The molecule has 15 heavy (non-hydrogen) atoms. The minimum Gasteiger partial charge on any atom is -0.469 e. The average molecular weight is 211 g/mol. The van der Waals surface area contributed by atoms with Gasteiger partial charge in [-0.15, -0.1) is 0 Å². The minimum atomic E-state index is -0.0831. The lowest BCUT2D eigenvalue weighted by atomic mass is 9.84. The zero-order chi connectivity index (χ0) is 11.3. The van der Waals surface area contributed by atoms with Crippen LogP contribution in [0.5, 0.6) is 0 Å². The Hall–Kier alpha value is -0.830. The van der Waals surface area contributed by atoms with Crippen LogP contribution in [0.4, 0.5) is 0 Å². The Bertz CT molecular complexity index is 236. The molecule has 0 N–H and O–H groups in total. The van der Waals surface area contributed by atoms with E-state index in [1.807, 2.05) is 19.0 Å². The molecule has 2 atom stereocenters. The number of ether oxygens (including phenoxy) is 1. The number of carbonyl (C=O) groups is 1. The van der Waals surface area contributed by atoms with Gasteiger partial charge in [0.15, 0.2) is 0 Å². The zero-order valence-corrected chi connectivity index (χ0v) is 9.90. The second-order valence-corrected chi connectivity index (χ2v) is 4.41. The molecule has 0 fully saturated rings. The Morgan fingerprint density at radius 3 is 2.80 bits per heavy atom. The molecule has 0 radical (unpaired) electrons. The van der Waals surface area contributed by atoms with E-state index in [0.29, 0.717) is 5.92 Å². The molecule has 3 heteroatoms. The topological polar surface area (TPSA) is 29.5 Å². The molecule has 0 aromatic carbocycles. The molecule has 0 heterocycles. The smallest absolute Gasteiger partial charge is 0.310 e. The summed E-state index contributed by atoms with van der Waals surface area (Å²) in [4.78, 5) is 13.7. The van der Waals surface area contributed by atoms with Crippen molar-refractivity contribution in [3.63, 3.8) is 0 Å². The molecule has 1 aliphatic carbocycles. The molecule has 0 saturated carbocycles.